The molecule has 0 aliphatic heterocycles. The molecule has 0 aliphatic rings. The molecule has 22 heavy (non-hydrogen) atoms. The van der Waals surface area contributed by atoms with Gasteiger partial charge in [-0.25, -0.2) is 4.79 Å². The summed E-state index contributed by atoms with van der Waals surface area (Å²) >= 11 is 0. The van der Waals surface area contributed by atoms with Crippen LogP contribution >= 0.6 is 0 Å². The second-order valence-corrected chi connectivity index (χ2v) is 5.49. The topological polar surface area (TPSA) is 41.1 Å². The van der Waals surface area contributed by atoms with Gasteiger partial charge in [0.2, 0.25) is 0 Å². The van der Waals surface area contributed by atoms with Gasteiger partial charge < -0.3 is 10.6 Å². The number of aryl methyl sites for hydroxylation is 1. The van der Waals surface area contributed by atoms with E-state index in [1.807, 2.05) is 30.3 Å². The molecule has 116 valence electrons. The first-order chi connectivity index (χ1) is 10.7. The van der Waals surface area contributed by atoms with E-state index in [1.165, 1.54) is 11.1 Å². The number of amides is 2. The summed E-state index contributed by atoms with van der Waals surface area (Å²) in [6.45, 7) is 6.46. The number of benzene rings is 2. The number of para-hydroxylation sites is 2. The average molecular weight is 296 g/mol. The molecule has 0 radical (unpaired) electrons. The largest absolute Gasteiger partial charge is 0.323 e. The Kier molecular flexibility index (Phi) is 5.59. The summed E-state index contributed by atoms with van der Waals surface area (Å²) in [5, 5.41) is 5.92. The van der Waals surface area contributed by atoms with Crippen molar-refractivity contribution in [2.24, 2.45) is 0 Å². The number of carbonyl (C=O) groups excluding carboxylic acids is 1. The normalized spacial score (nSPS) is 11.8. The van der Waals surface area contributed by atoms with E-state index in [4.69, 9.17) is 0 Å². The molecule has 0 fully saturated rings. The number of nitrogens with one attached hydrogen (secondary N) is 2. The molecule has 0 aliphatic carbocycles. The van der Waals surface area contributed by atoms with Gasteiger partial charge in [0.15, 0.2) is 0 Å². The summed E-state index contributed by atoms with van der Waals surface area (Å²) in [7, 11) is 0. The van der Waals surface area contributed by atoms with Crippen LogP contribution in [0.25, 0.3) is 0 Å². The van der Waals surface area contributed by atoms with Gasteiger partial charge in [-0.15, -0.1) is 0 Å². The van der Waals surface area contributed by atoms with Gasteiger partial charge in [0.05, 0.1) is 0 Å². The number of hydrogen-bond donors (Lipinski definition) is 2. The minimum Gasteiger partial charge on any atom is -0.308 e. The molecule has 0 saturated carbocycles. The zero-order chi connectivity index (χ0) is 15.9. The van der Waals surface area contributed by atoms with Crippen molar-refractivity contribution in [3.8, 4) is 0 Å². The molecular formula is C19H24N2O. The summed E-state index contributed by atoms with van der Waals surface area (Å²) in [5.41, 5.74) is 4.11. The predicted molar refractivity (Wildman–Crippen MR) is 93.6 cm³/mol. The van der Waals surface area contributed by atoms with Gasteiger partial charge in [-0.3, -0.25) is 0 Å². The van der Waals surface area contributed by atoms with Gasteiger partial charge in [0, 0.05) is 11.4 Å². The zero-order valence-electron chi connectivity index (χ0n) is 13.5. The molecule has 2 aromatic rings. The summed E-state index contributed by atoms with van der Waals surface area (Å²) in [6.07, 6.45) is 1.94. The molecular weight excluding hydrogens is 272 g/mol. The van der Waals surface area contributed by atoms with Crippen LogP contribution in [-0.4, -0.2) is 6.03 Å². The summed E-state index contributed by atoms with van der Waals surface area (Å²) < 4.78 is 0. The van der Waals surface area contributed by atoms with Crippen molar-refractivity contribution < 1.29 is 4.79 Å². The Labute approximate surface area is 132 Å². The summed E-state index contributed by atoms with van der Waals surface area (Å²) in [6, 6.07) is 15.5. The molecule has 0 bridgehead atoms. The number of anilines is 2. The summed E-state index contributed by atoms with van der Waals surface area (Å²) in [5.74, 6) is 0.415. The SMILES string of the molecule is CCc1cccc(C(C)CC)c1NC(=O)Nc1ccccc1. The van der Waals surface area contributed by atoms with Crippen LogP contribution in [0.1, 0.15) is 44.2 Å². The molecule has 0 saturated heterocycles. The van der Waals surface area contributed by atoms with Crippen LogP contribution in [-0.2, 0) is 6.42 Å². The van der Waals surface area contributed by atoms with Gasteiger partial charge in [-0.1, -0.05) is 57.2 Å². The molecule has 0 spiro atoms. The van der Waals surface area contributed by atoms with Crippen molar-refractivity contribution in [1.29, 1.82) is 0 Å². The van der Waals surface area contributed by atoms with Gasteiger partial charge >= 0.3 is 6.03 Å². The number of rotatable bonds is 5. The monoisotopic (exact) mass is 296 g/mol. The second kappa shape index (κ2) is 7.64. The highest BCUT2D eigenvalue weighted by molar-refractivity contribution is 6.00. The third kappa shape index (κ3) is 3.88. The quantitative estimate of drug-likeness (QED) is 0.761. The highest BCUT2D eigenvalue weighted by Gasteiger charge is 2.14. The predicted octanol–water partition coefficient (Wildman–Crippen LogP) is 5.41. The summed E-state index contributed by atoms with van der Waals surface area (Å²) in [4.78, 5) is 12.3. The van der Waals surface area contributed by atoms with E-state index in [2.05, 4.69) is 49.6 Å². The fraction of sp³-hybridized carbons (Fsp3) is 0.316. The molecule has 3 heteroatoms. The molecule has 1 unspecified atom stereocenters. The van der Waals surface area contributed by atoms with Gasteiger partial charge in [0.25, 0.3) is 0 Å². The van der Waals surface area contributed by atoms with Crippen molar-refractivity contribution in [1.82, 2.24) is 0 Å². The second-order valence-electron chi connectivity index (χ2n) is 5.49. The van der Waals surface area contributed by atoms with Crippen molar-refractivity contribution >= 4 is 17.4 Å². The lowest BCUT2D eigenvalue weighted by molar-refractivity contribution is 0.262. The molecule has 2 rings (SSSR count). The zero-order valence-corrected chi connectivity index (χ0v) is 13.5. The van der Waals surface area contributed by atoms with Crippen molar-refractivity contribution in [2.75, 3.05) is 10.6 Å². The smallest absolute Gasteiger partial charge is 0.308 e. The van der Waals surface area contributed by atoms with Crippen LogP contribution in [0.2, 0.25) is 0 Å². The van der Waals surface area contributed by atoms with E-state index in [9.17, 15) is 4.79 Å². The lowest BCUT2D eigenvalue weighted by Gasteiger charge is -2.19. The molecule has 3 nitrogen and oxygen atoms in total. The molecule has 2 amide bonds. The van der Waals surface area contributed by atoms with Gasteiger partial charge in [-0.05, 0) is 42.0 Å². The van der Waals surface area contributed by atoms with E-state index < -0.39 is 0 Å². The molecule has 0 aromatic heterocycles. The fourth-order valence-corrected chi connectivity index (χ4v) is 2.50. The third-order valence-corrected chi connectivity index (χ3v) is 3.98. The Bertz CT molecular complexity index is 623. The van der Waals surface area contributed by atoms with E-state index in [0.717, 1.165) is 24.2 Å². The van der Waals surface area contributed by atoms with E-state index in [-0.39, 0.29) is 6.03 Å². The maximum Gasteiger partial charge on any atom is 0.323 e. The Balaban J connectivity index is 2.22. The van der Waals surface area contributed by atoms with Crippen molar-refractivity contribution in [3.05, 3.63) is 59.7 Å². The van der Waals surface area contributed by atoms with Crippen molar-refractivity contribution in [3.63, 3.8) is 0 Å². The van der Waals surface area contributed by atoms with E-state index in [0.29, 0.717) is 5.92 Å². The standard InChI is InChI=1S/C19H24N2O/c1-4-14(3)17-13-9-10-15(5-2)18(17)21-19(22)20-16-11-7-6-8-12-16/h6-14H,4-5H2,1-3H3,(H2,20,21,22). The molecule has 2 aromatic carbocycles. The first-order valence-corrected chi connectivity index (χ1v) is 7.90. The first kappa shape index (κ1) is 16.1. The van der Waals surface area contributed by atoms with Crippen LogP contribution in [0.4, 0.5) is 16.2 Å². The van der Waals surface area contributed by atoms with Gasteiger partial charge in [0.1, 0.15) is 0 Å². The Morgan fingerprint density at radius 2 is 1.73 bits per heavy atom. The maximum absolute atomic E-state index is 12.3. The minimum atomic E-state index is -0.198. The molecule has 1 atom stereocenters. The first-order valence-electron chi connectivity index (χ1n) is 7.90. The maximum atomic E-state index is 12.3. The lowest BCUT2D eigenvalue weighted by Crippen LogP contribution is -2.21. The van der Waals surface area contributed by atoms with Crippen LogP contribution in [0.3, 0.4) is 0 Å². The number of hydrogen-bond acceptors (Lipinski definition) is 1. The Morgan fingerprint density at radius 1 is 1.00 bits per heavy atom. The van der Waals surface area contributed by atoms with Crippen LogP contribution in [0.15, 0.2) is 48.5 Å². The van der Waals surface area contributed by atoms with E-state index in [1.54, 1.807) is 0 Å². The third-order valence-electron chi connectivity index (χ3n) is 3.98. The van der Waals surface area contributed by atoms with Crippen LogP contribution in [0, 0.1) is 0 Å². The van der Waals surface area contributed by atoms with Crippen LogP contribution < -0.4 is 10.6 Å². The van der Waals surface area contributed by atoms with Gasteiger partial charge in [-0.2, -0.15) is 0 Å². The van der Waals surface area contributed by atoms with Crippen LogP contribution in [0.5, 0.6) is 0 Å². The average Bonchev–Trinajstić information content (AvgIpc) is 2.55. The number of carbonyl (C=O) groups is 1. The Morgan fingerprint density at radius 3 is 2.36 bits per heavy atom. The lowest BCUT2D eigenvalue weighted by atomic mass is 9.93. The Hall–Kier alpha value is -2.29. The fourth-order valence-electron chi connectivity index (χ4n) is 2.50. The molecule has 0 heterocycles. The highest BCUT2D eigenvalue weighted by atomic mass is 16.2. The van der Waals surface area contributed by atoms with Crippen molar-refractivity contribution in [2.45, 2.75) is 39.5 Å². The molecule has 2 N–H and O–H groups in total. The number of urea groups is 1. The minimum absolute atomic E-state index is 0.198. The van der Waals surface area contributed by atoms with E-state index >= 15 is 0 Å². The highest BCUT2D eigenvalue weighted by Crippen LogP contribution is 2.30.